The number of fused-ring (bicyclic) bond motifs is 4. The van der Waals surface area contributed by atoms with Crippen LogP contribution in [0, 0.1) is 11.8 Å². The molecular weight excluding hydrogens is 144 g/mol. The summed E-state index contributed by atoms with van der Waals surface area (Å²) in [6.07, 6.45) is 13.5. The molecule has 1 fully saturated rings. The predicted molar refractivity (Wildman–Crippen MR) is 50.8 cm³/mol. The highest BCUT2D eigenvalue weighted by Gasteiger charge is 2.41. The molecule has 0 unspecified atom stereocenters. The molecule has 0 saturated heterocycles. The maximum atomic E-state index is 2.50. The highest BCUT2D eigenvalue weighted by Crippen LogP contribution is 2.54. The van der Waals surface area contributed by atoms with Gasteiger partial charge in [-0.3, -0.25) is 0 Å². The first-order valence-electron chi connectivity index (χ1n) is 5.37. The van der Waals surface area contributed by atoms with Gasteiger partial charge in [0.2, 0.25) is 0 Å². The molecule has 0 spiro atoms. The Labute approximate surface area is 74.4 Å². The summed E-state index contributed by atoms with van der Waals surface area (Å²) in [6.45, 7) is 0. The van der Waals surface area contributed by atoms with Crippen molar-refractivity contribution in [2.45, 2.75) is 38.5 Å². The van der Waals surface area contributed by atoms with Crippen molar-refractivity contribution in [1.29, 1.82) is 0 Å². The smallest absolute Gasteiger partial charge is 0.00934 e. The standard InChI is InChI=1S/C12H16/c1-2-6-10-9(5-1)11-7-3-4-8-12(10)11/h5,7,10,12H,1-4,6,8H2/t10-,12-. The minimum atomic E-state index is 0.991. The van der Waals surface area contributed by atoms with Crippen LogP contribution in [0.4, 0.5) is 0 Å². The molecule has 0 bridgehead atoms. The maximum Gasteiger partial charge on any atom is -0.00934 e. The minimum Gasteiger partial charge on any atom is -0.0807 e. The normalized spacial score (nSPS) is 38.7. The summed E-state index contributed by atoms with van der Waals surface area (Å²) in [7, 11) is 0. The van der Waals surface area contributed by atoms with Gasteiger partial charge in [0.25, 0.3) is 0 Å². The average Bonchev–Trinajstić information content (AvgIpc) is 2.14. The van der Waals surface area contributed by atoms with Crippen molar-refractivity contribution in [2.24, 2.45) is 11.8 Å². The Kier molecular flexibility index (Phi) is 1.44. The first-order chi connectivity index (χ1) is 5.97. The van der Waals surface area contributed by atoms with Crippen molar-refractivity contribution in [2.75, 3.05) is 0 Å². The first-order valence-corrected chi connectivity index (χ1v) is 5.37. The van der Waals surface area contributed by atoms with E-state index in [2.05, 4.69) is 12.2 Å². The number of rotatable bonds is 0. The number of hydrogen-bond donors (Lipinski definition) is 0. The molecule has 0 aliphatic heterocycles. The van der Waals surface area contributed by atoms with Crippen LogP contribution in [-0.4, -0.2) is 0 Å². The molecular formula is C12H16. The van der Waals surface area contributed by atoms with Crippen LogP contribution in [0.3, 0.4) is 0 Å². The van der Waals surface area contributed by atoms with Crippen molar-refractivity contribution < 1.29 is 0 Å². The van der Waals surface area contributed by atoms with E-state index in [1.165, 1.54) is 38.5 Å². The summed E-state index contributed by atoms with van der Waals surface area (Å²) in [6, 6.07) is 0. The Balaban J connectivity index is 1.95. The van der Waals surface area contributed by atoms with Gasteiger partial charge in [0.1, 0.15) is 0 Å². The molecule has 3 aliphatic rings. The zero-order valence-electron chi connectivity index (χ0n) is 7.55. The maximum absolute atomic E-state index is 2.50. The van der Waals surface area contributed by atoms with E-state index in [0.29, 0.717) is 0 Å². The Bertz CT molecular complexity index is 229. The molecule has 0 aromatic carbocycles. The Morgan fingerprint density at radius 3 is 1.83 bits per heavy atom. The summed E-state index contributed by atoms with van der Waals surface area (Å²) in [4.78, 5) is 0. The van der Waals surface area contributed by atoms with Gasteiger partial charge in [-0.15, -0.1) is 0 Å². The van der Waals surface area contributed by atoms with Crippen molar-refractivity contribution in [1.82, 2.24) is 0 Å². The van der Waals surface area contributed by atoms with Gasteiger partial charge in [0.15, 0.2) is 0 Å². The molecule has 0 heteroatoms. The van der Waals surface area contributed by atoms with Crippen LogP contribution >= 0.6 is 0 Å². The number of hydrogen-bond acceptors (Lipinski definition) is 0. The van der Waals surface area contributed by atoms with E-state index in [1.807, 2.05) is 0 Å². The van der Waals surface area contributed by atoms with Crippen molar-refractivity contribution in [3.05, 3.63) is 23.3 Å². The third kappa shape index (κ3) is 0.784. The van der Waals surface area contributed by atoms with Crippen LogP contribution in [0.1, 0.15) is 38.5 Å². The summed E-state index contributed by atoms with van der Waals surface area (Å²) in [5.41, 5.74) is 3.48. The molecule has 1 saturated carbocycles. The van der Waals surface area contributed by atoms with Crippen LogP contribution in [0.2, 0.25) is 0 Å². The molecule has 12 heavy (non-hydrogen) atoms. The van der Waals surface area contributed by atoms with Gasteiger partial charge in [0, 0.05) is 0 Å². The van der Waals surface area contributed by atoms with Gasteiger partial charge < -0.3 is 0 Å². The summed E-state index contributed by atoms with van der Waals surface area (Å²) in [5.74, 6) is 1.98. The summed E-state index contributed by atoms with van der Waals surface area (Å²) < 4.78 is 0. The number of allylic oxidation sites excluding steroid dienone is 4. The average molecular weight is 160 g/mol. The molecule has 64 valence electrons. The minimum absolute atomic E-state index is 0.991. The molecule has 0 N–H and O–H groups in total. The fourth-order valence-corrected chi connectivity index (χ4v) is 3.21. The third-order valence-corrected chi connectivity index (χ3v) is 3.78. The second-order valence-electron chi connectivity index (χ2n) is 4.39. The lowest BCUT2D eigenvalue weighted by Crippen LogP contribution is -2.35. The fourth-order valence-electron chi connectivity index (χ4n) is 3.21. The van der Waals surface area contributed by atoms with E-state index in [9.17, 15) is 0 Å². The van der Waals surface area contributed by atoms with E-state index >= 15 is 0 Å². The van der Waals surface area contributed by atoms with E-state index in [4.69, 9.17) is 0 Å². The quantitative estimate of drug-likeness (QED) is 0.509. The second kappa shape index (κ2) is 2.48. The van der Waals surface area contributed by atoms with Crippen molar-refractivity contribution in [3.8, 4) is 0 Å². The van der Waals surface area contributed by atoms with Gasteiger partial charge in [-0.05, 0) is 61.5 Å². The van der Waals surface area contributed by atoms with Crippen molar-refractivity contribution in [3.63, 3.8) is 0 Å². The fraction of sp³-hybridized carbons (Fsp3) is 0.667. The highest BCUT2D eigenvalue weighted by molar-refractivity contribution is 5.47. The van der Waals surface area contributed by atoms with E-state index < -0.39 is 0 Å². The lowest BCUT2D eigenvalue weighted by atomic mass is 9.58. The van der Waals surface area contributed by atoms with Gasteiger partial charge in [-0.2, -0.15) is 0 Å². The van der Waals surface area contributed by atoms with Gasteiger partial charge in [-0.25, -0.2) is 0 Å². The van der Waals surface area contributed by atoms with Gasteiger partial charge >= 0.3 is 0 Å². The van der Waals surface area contributed by atoms with Crippen LogP contribution in [-0.2, 0) is 0 Å². The first kappa shape index (κ1) is 6.94. The molecule has 0 amide bonds. The lowest BCUT2D eigenvalue weighted by Gasteiger charge is -2.47. The topological polar surface area (TPSA) is 0 Å². The molecule has 0 radical (unpaired) electrons. The summed E-state index contributed by atoms with van der Waals surface area (Å²) in [5, 5.41) is 0. The predicted octanol–water partition coefficient (Wildman–Crippen LogP) is 3.45. The monoisotopic (exact) mass is 160 g/mol. The second-order valence-corrected chi connectivity index (χ2v) is 4.39. The van der Waals surface area contributed by atoms with Gasteiger partial charge in [-0.1, -0.05) is 12.2 Å². The lowest BCUT2D eigenvalue weighted by molar-refractivity contribution is 0.287. The molecule has 0 nitrogen and oxygen atoms in total. The Morgan fingerprint density at radius 1 is 0.833 bits per heavy atom. The highest BCUT2D eigenvalue weighted by atomic mass is 14.5. The molecule has 0 aromatic heterocycles. The zero-order chi connectivity index (χ0) is 7.97. The zero-order valence-corrected chi connectivity index (χ0v) is 7.55. The Morgan fingerprint density at radius 2 is 1.33 bits per heavy atom. The van der Waals surface area contributed by atoms with Crippen LogP contribution < -0.4 is 0 Å². The van der Waals surface area contributed by atoms with E-state index in [-0.39, 0.29) is 0 Å². The van der Waals surface area contributed by atoms with E-state index in [0.717, 1.165) is 11.8 Å². The molecule has 0 heterocycles. The van der Waals surface area contributed by atoms with Crippen molar-refractivity contribution >= 4 is 0 Å². The molecule has 3 rings (SSSR count). The largest absolute Gasteiger partial charge is 0.0807 e. The SMILES string of the molecule is C1=C2C3=CCCC[C@@H]3[C@@H]2CCC1. The Hall–Kier alpha value is -0.520. The molecule has 3 aliphatic carbocycles. The summed E-state index contributed by atoms with van der Waals surface area (Å²) >= 11 is 0. The van der Waals surface area contributed by atoms with E-state index in [1.54, 1.807) is 11.1 Å². The molecule has 2 atom stereocenters. The van der Waals surface area contributed by atoms with Crippen LogP contribution in [0.15, 0.2) is 23.3 Å². The van der Waals surface area contributed by atoms with Crippen LogP contribution in [0.25, 0.3) is 0 Å². The van der Waals surface area contributed by atoms with Crippen LogP contribution in [0.5, 0.6) is 0 Å². The third-order valence-electron chi connectivity index (χ3n) is 3.78. The molecule has 0 aromatic rings. The van der Waals surface area contributed by atoms with Gasteiger partial charge in [0.05, 0.1) is 0 Å².